The molecule has 23 heavy (non-hydrogen) atoms. The highest BCUT2D eigenvalue weighted by atomic mass is 16.3. The molecule has 122 valence electrons. The highest BCUT2D eigenvalue weighted by Gasteiger charge is 2.31. The Balaban J connectivity index is 1.56. The molecule has 0 unspecified atom stereocenters. The number of benzene rings is 1. The number of carbonyl (C=O) groups excluding carboxylic acids is 1. The molecule has 6 nitrogen and oxygen atoms in total. The first kappa shape index (κ1) is 15.7. The van der Waals surface area contributed by atoms with E-state index in [1.807, 2.05) is 24.3 Å². The van der Waals surface area contributed by atoms with Crippen LogP contribution in [0.5, 0.6) is 0 Å². The van der Waals surface area contributed by atoms with E-state index >= 15 is 0 Å². The van der Waals surface area contributed by atoms with E-state index in [1.165, 1.54) is 6.33 Å². The van der Waals surface area contributed by atoms with E-state index in [2.05, 4.69) is 20.5 Å². The van der Waals surface area contributed by atoms with Gasteiger partial charge in [0.1, 0.15) is 6.33 Å². The van der Waals surface area contributed by atoms with Crippen LogP contribution in [0.2, 0.25) is 0 Å². The summed E-state index contributed by atoms with van der Waals surface area (Å²) < 4.78 is 0. The number of carbonyl (C=O) groups is 1. The lowest BCUT2D eigenvalue weighted by molar-refractivity contribution is -0.127. The zero-order valence-electron chi connectivity index (χ0n) is 13.1. The van der Waals surface area contributed by atoms with Crippen molar-refractivity contribution in [1.82, 2.24) is 20.5 Å². The van der Waals surface area contributed by atoms with Crippen molar-refractivity contribution >= 4 is 5.91 Å². The fraction of sp³-hybridized carbons (Fsp3) is 0.471. The van der Waals surface area contributed by atoms with E-state index in [0.29, 0.717) is 12.4 Å². The Morgan fingerprint density at radius 2 is 2.13 bits per heavy atom. The number of hydrogen-bond donors (Lipinski definition) is 3. The second-order valence-corrected chi connectivity index (χ2v) is 6.27. The van der Waals surface area contributed by atoms with Crippen LogP contribution in [0.15, 0.2) is 30.6 Å². The van der Waals surface area contributed by atoms with Crippen molar-refractivity contribution in [2.75, 3.05) is 0 Å². The van der Waals surface area contributed by atoms with Crippen LogP contribution >= 0.6 is 0 Å². The molecular formula is C17H22N4O2. The Labute approximate surface area is 135 Å². The van der Waals surface area contributed by atoms with E-state index < -0.39 is 5.60 Å². The first-order valence-electron chi connectivity index (χ1n) is 8.08. The highest BCUT2D eigenvalue weighted by Crippen LogP contribution is 2.30. The van der Waals surface area contributed by atoms with Gasteiger partial charge in [-0.05, 0) is 24.5 Å². The van der Waals surface area contributed by atoms with E-state index in [1.54, 1.807) is 0 Å². The Hall–Kier alpha value is -2.21. The number of H-pyrrole nitrogens is 1. The van der Waals surface area contributed by atoms with Crippen molar-refractivity contribution < 1.29 is 9.90 Å². The average molecular weight is 314 g/mol. The summed E-state index contributed by atoms with van der Waals surface area (Å²) in [4.78, 5) is 16.2. The van der Waals surface area contributed by atoms with Gasteiger partial charge in [-0.3, -0.25) is 9.89 Å². The monoisotopic (exact) mass is 314 g/mol. The lowest BCUT2D eigenvalue weighted by Gasteiger charge is -2.31. The summed E-state index contributed by atoms with van der Waals surface area (Å²) in [7, 11) is 0. The summed E-state index contributed by atoms with van der Waals surface area (Å²) in [5, 5.41) is 20.0. The molecule has 0 saturated heterocycles. The van der Waals surface area contributed by atoms with Crippen LogP contribution in [0, 0.1) is 0 Å². The van der Waals surface area contributed by atoms with Gasteiger partial charge in [-0.1, -0.05) is 37.5 Å². The van der Waals surface area contributed by atoms with Crippen molar-refractivity contribution in [3.05, 3.63) is 36.2 Å². The third-order valence-corrected chi connectivity index (χ3v) is 4.38. The molecule has 3 N–H and O–H groups in total. The minimum Gasteiger partial charge on any atom is -0.389 e. The molecule has 0 bridgehead atoms. The molecular weight excluding hydrogens is 292 g/mol. The second-order valence-electron chi connectivity index (χ2n) is 6.27. The number of hydrogen-bond acceptors (Lipinski definition) is 4. The Kier molecular flexibility index (Phi) is 4.71. The van der Waals surface area contributed by atoms with Crippen molar-refractivity contribution in [2.45, 2.75) is 50.7 Å². The number of nitrogens with one attached hydrogen (secondary N) is 2. The van der Waals surface area contributed by atoms with Crippen LogP contribution in [0.4, 0.5) is 0 Å². The number of aromatic amines is 1. The average Bonchev–Trinajstić information content (AvgIpc) is 3.08. The molecule has 6 heteroatoms. The summed E-state index contributed by atoms with van der Waals surface area (Å²) in [6.07, 6.45) is 6.26. The minimum atomic E-state index is -0.815. The number of nitrogens with zero attached hydrogens (tertiary/aromatic N) is 2. The van der Waals surface area contributed by atoms with Crippen molar-refractivity contribution in [1.29, 1.82) is 0 Å². The number of aromatic nitrogens is 3. The lowest BCUT2D eigenvalue weighted by Crippen LogP contribution is -2.38. The third-order valence-electron chi connectivity index (χ3n) is 4.38. The van der Waals surface area contributed by atoms with Gasteiger partial charge in [0.2, 0.25) is 5.91 Å². The van der Waals surface area contributed by atoms with E-state index in [-0.39, 0.29) is 12.3 Å². The van der Waals surface area contributed by atoms with Crippen LogP contribution in [-0.4, -0.2) is 31.8 Å². The van der Waals surface area contributed by atoms with Gasteiger partial charge in [0.25, 0.3) is 0 Å². The van der Waals surface area contributed by atoms with E-state index in [4.69, 9.17) is 0 Å². The normalized spacial score (nSPS) is 16.9. The van der Waals surface area contributed by atoms with Crippen molar-refractivity contribution in [3.63, 3.8) is 0 Å². The summed E-state index contributed by atoms with van der Waals surface area (Å²) >= 11 is 0. The molecule has 0 atom stereocenters. The molecule has 3 rings (SSSR count). The standard InChI is InChI=1S/C17H22N4O2/c22-15(10-17(23)7-2-1-3-8-17)18-11-13-5-4-6-14(9-13)16-19-12-20-21-16/h4-6,9,12,23H,1-3,7-8,10-11H2,(H,18,22)(H,19,20,21). The SMILES string of the molecule is O=C(CC1(O)CCCCC1)NCc1cccc(-c2ncn[nH]2)c1. The quantitative estimate of drug-likeness (QED) is 0.789. The van der Waals surface area contributed by atoms with Crippen LogP contribution in [0.3, 0.4) is 0 Å². The summed E-state index contributed by atoms with van der Waals surface area (Å²) in [5.41, 5.74) is 1.10. The van der Waals surface area contributed by atoms with Gasteiger partial charge in [-0.15, -0.1) is 0 Å². The Morgan fingerprint density at radius 3 is 2.87 bits per heavy atom. The summed E-state index contributed by atoms with van der Waals surface area (Å²) in [6.45, 7) is 0.441. The molecule has 1 aliphatic carbocycles. The Bertz CT molecular complexity index is 648. The van der Waals surface area contributed by atoms with Gasteiger partial charge in [-0.25, -0.2) is 4.98 Å². The van der Waals surface area contributed by atoms with Gasteiger partial charge in [0, 0.05) is 12.1 Å². The zero-order valence-corrected chi connectivity index (χ0v) is 13.1. The van der Waals surface area contributed by atoms with Crippen molar-refractivity contribution in [3.8, 4) is 11.4 Å². The highest BCUT2D eigenvalue weighted by molar-refractivity contribution is 5.77. The minimum absolute atomic E-state index is 0.0977. The lowest BCUT2D eigenvalue weighted by atomic mass is 9.82. The van der Waals surface area contributed by atoms with E-state index in [9.17, 15) is 9.90 Å². The molecule has 1 aromatic carbocycles. The fourth-order valence-electron chi connectivity index (χ4n) is 3.12. The van der Waals surface area contributed by atoms with Gasteiger partial charge >= 0.3 is 0 Å². The topological polar surface area (TPSA) is 90.9 Å². The number of aliphatic hydroxyl groups is 1. The Morgan fingerprint density at radius 1 is 1.30 bits per heavy atom. The predicted molar refractivity (Wildman–Crippen MR) is 86.3 cm³/mol. The maximum atomic E-state index is 12.1. The molecule has 2 aromatic rings. The second kappa shape index (κ2) is 6.91. The van der Waals surface area contributed by atoms with Gasteiger partial charge in [0.05, 0.1) is 12.0 Å². The molecule has 1 saturated carbocycles. The third kappa shape index (κ3) is 4.16. The largest absolute Gasteiger partial charge is 0.389 e. The van der Waals surface area contributed by atoms with Crippen molar-refractivity contribution in [2.24, 2.45) is 0 Å². The predicted octanol–water partition coefficient (Wildman–Crippen LogP) is 2.17. The first-order chi connectivity index (χ1) is 11.1. The zero-order chi connectivity index (χ0) is 16.1. The smallest absolute Gasteiger partial charge is 0.223 e. The van der Waals surface area contributed by atoms with Gasteiger partial charge < -0.3 is 10.4 Å². The van der Waals surface area contributed by atoms with Crippen LogP contribution in [0.25, 0.3) is 11.4 Å². The molecule has 0 radical (unpaired) electrons. The van der Waals surface area contributed by atoms with E-state index in [0.717, 1.165) is 43.2 Å². The molecule has 1 aromatic heterocycles. The molecule has 1 aliphatic rings. The summed E-state index contributed by atoms with van der Waals surface area (Å²) in [5.74, 6) is 0.606. The van der Waals surface area contributed by atoms with Crippen LogP contribution < -0.4 is 5.32 Å². The molecule has 1 amide bonds. The molecule has 1 heterocycles. The maximum Gasteiger partial charge on any atom is 0.223 e. The molecule has 0 aliphatic heterocycles. The van der Waals surface area contributed by atoms with Crippen LogP contribution in [0.1, 0.15) is 44.1 Å². The van der Waals surface area contributed by atoms with Gasteiger partial charge in [0.15, 0.2) is 5.82 Å². The molecule has 0 spiro atoms. The maximum absolute atomic E-state index is 12.1. The fourth-order valence-corrected chi connectivity index (χ4v) is 3.12. The van der Waals surface area contributed by atoms with Gasteiger partial charge in [-0.2, -0.15) is 5.10 Å². The number of rotatable bonds is 5. The first-order valence-corrected chi connectivity index (χ1v) is 8.08. The molecule has 1 fully saturated rings. The number of amides is 1. The summed E-state index contributed by atoms with van der Waals surface area (Å²) in [6, 6.07) is 7.79. The van der Waals surface area contributed by atoms with Crippen LogP contribution in [-0.2, 0) is 11.3 Å².